The number of aromatic nitrogens is 2. The highest BCUT2D eigenvalue weighted by atomic mass is 32.2. The Kier molecular flexibility index (Phi) is 4.22. The lowest BCUT2D eigenvalue weighted by Crippen LogP contribution is -2.23. The molecule has 23 heavy (non-hydrogen) atoms. The second kappa shape index (κ2) is 6.31. The summed E-state index contributed by atoms with van der Waals surface area (Å²) < 4.78 is 32.3. The molecule has 0 saturated heterocycles. The van der Waals surface area contributed by atoms with Crippen LogP contribution in [0.1, 0.15) is 11.5 Å². The topological polar surface area (TPSA) is 85.1 Å². The van der Waals surface area contributed by atoms with E-state index in [0.717, 1.165) is 11.1 Å². The molecule has 7 heteroatoms. The summed E-state index contributed by atoms with van der Waals surface area (Å²) in [5, 5.41) is 7.86. The Labute approximate surface area is 134 Å². The molecule has 0 unspecified atom stereocenters. The van der Waals surface area contributed by atoms with Crippen LogP contribution >= 0.6 is 0 Å². The van der Waals surface area contributed by atoms with E-state index in [0.29, 0.717) is 5.89 Å². The number of sulfonamides is 1. The third-order valence-electron chi connectivity index (χ3n) is 3.31. The van der Waals surface area contributed by atoms with E-state index in [1.54, 1.807) is 18.2 Å². The molecule has 0 saturated carbocycles. The molecule has 1 N–H and O–H groups in total. The van der Waals surface area contributed by atoms with Crippen LogP contribution in [-0.4, -0.2) is 18.6 Å². The second-order valence-corrected chi connectivity index (χ2v) is 6.72. The van der Waals surface area contributed by atoms with Crippen LogP contribution in [0, 0.1) is 6.92 Å². The Morgan fingerprint density at radius 1 is 1.00 bits per heavy atom. The predicted octanol–water partition coefficient (Wildman–Crippen LogP) is 2.52. The van der Waals surface area contributed by atoms with Crippen molar-refractivity contribution in [2.24, 2.45) is 0 Å². The average Bonchev–Trinajstić information content (AvgIpc) is 3.03. The standard InChI is InChI=1S/C16H15N3O3S/c1-12-7-5-6-10-14(12)16-19-18-15(22-16)11-17-23(20,21)13-8-3-2-4-9-13/h2-10,17H,11H2,1H3. The van der Waals surface area contributed by atoms with Gasteiger partial charge in [-0.2, -0.15) is 0 Å². The molecule has 2 aromatic carbocycles. The molecule has 118 valence electrons. The molecular formula is C16H15N3O3S. The van der Waals surface area contributed by atoms with E-state index in [2.05, 4.69) is 14.9 Å². The van der Waals surface area contributed by atoms with Crippen molar-refractivity contribution >= 4 is 10.0 Å². The quantitative estimate of drug-likeness (QED) is 0.777. The summed E-state index contributed by atoms with van der Waals surface area (Å²) >= 11 is 0. The summed E-state index contributed by atoms with van der Waals surface area (Å²) in [5.74, 6) is 0.583. The van der Waals surface area contributed by atoms with Gasteiger partial charge in [0.1, 0.15) is 0 Å². The van der Waals surface area contributed by atoms with E-state index in [1.165, 1.54) is 12.1 Å². The summed E-state index contributed by atoms with van der Waals surface area (Å²) in [6.07, 6.45) is 0. The van der Waals surface area contributed by atoms with E-state index < -0.39 is 10.0 Å². The number of nitrogens with one attached hydrogen (secondary N) is 1. The summed E-state index contributed by atoms with van der Waals surface area (Å²) in [4.78, 5) is 0.193. The molecule has 0 bridgehead atoms. The van der Waals surface area contributed by atoms with Crippen LogP contribution in [-0.2, 0) is 16.6 Å². The smallest absolute Gasteiger partial charge is 0.248 e. The van der Waals surface area contributed by atoms with Crippen molar-refractivity contribution in [3.8, 4) is 11.5 Å². The minimum absolute atomic E-state index is 0.0594. The molecule has 0 aliphatic carbocycles. The first-order valence-electron chi connectivity index (χ1n) is 6.99. The van der Waals surface area contributed by atoms with Gasteiger partial charge in [-0.25, -0.2) is 13.1 Å². The van der Waals surface area contributed by atoms with Gasteiger partial charge in [0.25, 0.3) is 0 Å². The van der Waals surface area contributed by atoms with Crippen LogP contribution in [0.4, 0.5) is 0 Å². The largest absolute Gasteiger partial charge is 0.419 e. The Morgan fingerprint density at radius 3 is 2.43 bits per heavy atom. The van der Waals surface area contributed by atoms with E-state index in [9.17, 15) is 8.42 Å². The van der Waals surface area contributed by atoms with E-state index >= 15 is 0 Å². The van der Waals surface area contributed by atoms with Crippen LogP contribution in [0.15, 0.2) is 63.9 Å². The Bertz CT molecular complexity index is 905. The molecule has 0 amide bonds. The second-order valence-electron chi connectivity index (χ2n) is 4.95. The highest BCUT2D eigenvalue weighted by Gasteiger charge is 2.16. The van der Waals surface area contributed by atoms with E-state index in [-0.39, 0.29) is 17.3 Å². The van der Waals surface area contributed by atoms with Crippen LogP contribution in [0.3, 0.4) is 0 Å². The van der Waals surface area contributed by atoms with Crippen LogP contribution < -0.4 is 4.72 Å². The van der Waals surface area contributed by atoms with Gasteiger partial charge in [-0.1, -0.05) is 36.4 Å². The fraction of sp³-hybridized carbons (Fsp3) is 0.125. The highest BCUT2D eigenvalue weighted by Crippen LogP contribution is 2.21. The normalized spacial score (nSPS) is 11.5. The van der Waals surface area contributed by atoms with Crippen molar-refractivity contribution in [1.82, 2.24) is 14.9 Å². The summed E-state index contributed by atoms with van der Waals surface area (Å²) in [5.41, 5.74) is 1.84. The fourth-order valence-corrected chi connectivity index (χ4v) is 3.08. The van der Waals surface area contributed by atoms with Crippen LogP contribution in [0.25, 0.3) is 11.5 Å². The third kappa shape index (κ3) is 3.46. The molecule has 0 spiro atoms. The zero-order chi connectivity index (χ0) is 16.3. The van der Waals surface area contributed by atoms with Crippen molar-refractivity contribution in [3.63, 3.8) is 0 Å². The van der Waals surface area contributed by atoms with Gasteiger partial charge in [0.05, 0.1) is 11.4 Å². The maximum absolute atomic E-state index is 12.1. The molecule has 0 fully saturated rings. The average molecular weight is 329 g/mol. The van der Waals surface area contributed by atoms with E-state index in [1.807, 2.05) is 31.2 Å². The van der Waals surface area contributed by atoms with Crippen LogP contribution in [0.5, 0.6) is 0 Å². The lowest BCUT2D eigenvalue weighted by molar-refractivity contribution is 0.494. The maximum atomic E-state index is 12.1. The first kappa shape index (κ1) is 15.4. The molecule has 1 heterocycles. The SMILES string of the molecule is Cc1ccccc1-c1nnc(CNS(=O)(=O)c2ccccc2)o1. The molecule has 3 aromatic rings. The van der Waals surface area contributed by atoms with Gasteiger partial charge in [-0.05, 0) is 30.7 Å². The predicted molar refractivity (Wildman–Crippen MR) is 84.9 cm³/mol. The number of nitrogens with zero attached hydrogens (tertiary/aromatic N) is 2. The number of hydrogen-bond acceptors (Lipinski definition) is 5. The van der Waals surface area contributed by atoms with Crippen molar-refractivity contribution in [1.29, 1.82) is 0 Å². The summed E-state index contributed by atoms with van der Waals surface area (Å²) in [6.45, 7) is 1.88. The van der Waals surface area contributed by atoms with Gasteiger partial charge in [-0.15, -0.1) is 10.2 Å². The molecule has 0 atom stereocenters. The molecule has 3 rings (SSSR count). The van der Waals surface area contributed by atoms with Gasteiger partial charge in [0.15, 0.2) is 0 Å². The van der Waals surface area contributed by atoms with Crippen molar-refractivity contribution in [3.05, 3.63) is 66.1 Å². The molecule has 0 aliphatic rings. The van der Waals surface area contributed by atoms with E-state index in [4.69, 9.17) is 4.42 Å². The maximum Gasteiger partial charge on any atom is 0.248 e. The van der Waals surface area contributed by atoms with Gasteiger partial charge >= 0.3 is 0 Å². The Hall–Kier alpha value is -2.51. The number of benzene rings is 2. The number of rotatable bonds is 5. The zero-order valence-electron chi connectivity index (χ0n) is 12.4. The van der Waals surface area contributed by atoms with Crippen molar-refractivity contribution in [2.75, 3.05) is 0 Å². The fourth-order valence-electron chi connectivity index (χ4n) is 2.09. The Morgan fingerprint density at radius 2 is 1.70 bits per heavy atom. The van der Waals surface area contributed by atoms with Crippen molar-refractivity contribution in [2.45, 2.75) is 18.4 Å². The minimum Gasteiger partial charge on any atom is -0.419 e. The number of hydrogen-bond donors (Lipinski definition) is 1. The van der Waals surface area contributed by atoms with Gasteiger partial charge in [-0.3, -0.25) is 0 Å². The lowest BCUT2D eigenvalue weighted by Gasteiger charge is -2.04. The molecule has 1 aromatic heterocycles. The Balaban J connectivity index is 1.74. The van der Waals surface area contributed by atoms with Crippen LogP contribution in [0.2, 0.25) is 0 Å². The molecule has 0 radical (unpaired) electrons. The summed E-state index contributed by atoms with van der Waals surface area (Å²) in [7, 11) is -3.60. The first-order chi connectivity index (χ1) is 11.1. The van der Waals surface area contributed by atoms with Gasteiger partial charge in [0, 0.05) is 5.56 Å². The third-order valence-corrected chi connectivity index (χ3v) is 4.73. The monoisotopic (exact) mass is 329 g/mol. The lowest BCUT2D eigenvalue weighted by atomic mass is 10.1. The van der Waals surface area contributed by atoms with Gasteiger partial charge < -0.3 is 4.42 Å². The highest BCUT2D eigenvalue weighted by molar-refractivity contribution is 7.89. The zero-order valence-corrected chi connectivity index (χ0v) is 13.2. The first-order valence-corrected chi connectivity index (χ1v) is 8.48. The molecular weight excluding hydrogens is 314 g/mol. The summed E-state index contributed by atoms with van der Waals surface area (Å²) in [6, 6.07) is 15.7. The number of aryl methyl sites for hydroxylation is 1. The van der Waals surface area contributed by atoms with Crippen molar-refractivity contribution < 1.29 is 12.8 Å². The van der Waals surface area contributed by atoms with Gasteiger partial charge in [0.2, 0.25) is 21.8 Å². The minimum atomic E-state index is -3.60. The molecule has 0 aliphatic heterocycles. The molecule has 6 nitrogen and oxygen atoms in total.